The minimum absolute atomic E-state index is 0.00404. The molecule has 1 aromatic heterocycles. The molecule has 0 fully saturated rings. The molecule has 42 N–H and O–H groups in total. The molecule has 45 heteroatoms. The summed E-state index contributed by atoms with van der Waals surface area (Å²) < 4.78 is 0. The van der Waals surface area contributed by atoms with E-state index in [1.54, 1.807) is 44.3 Å². The molecule has 11 atom stereocenters. The first-order valence-corrected chi connectivity index (χ1v) is 37.7. The highest BCUT2D eigenvalue weighted by atomic mass is 16.3. The molecule has 0 unspecified atom stereocenters. The number of aromatic amines is 1. The number of nitrogens with two attached hydrogens (primary N) is 8. The lowest BCUT2D eigenvalue weighted by atomic mass is 9.96. The summed E-state index contributed by atoms with van der Waals surface area (Å²) in [5.74, 6) is -13.3. The molecule has 0 spiro atoms. The van der Waals surface area contributed by atoms with Crippen LogP contribution in [0.2, 0.25) is 0 Å². The van der Waals surface area contributed by atoms with Crippen molar-refractivity contribution in [1.29, 1.82) is 37.9 Å². The van der Waals surface area contributed by atoms with Gasteiger partial charge in [-0.2, -0.15) is 0 Å². The fourth-order valence-corrected chi connectivity index (χ4v) is 11.8. The van der Waals surface area contributed by atoms with E-state index in [4.69, 9.17) is 83.7 Å². The number of guanidine groups is 7. The number of aromatic hydroxyl groups is 1. The number of hydrogen-bond acceptors (Lipinski definition) is 19. The van der Waals surface area contributed by atoms with Gasteiger partial charge in [0.2, 0.25) is 65.0 Å². The maximum Gasteiger partial charge on any atom is 0.243 e. The van der Waals surface area contributed by atoms with E-state index in [-0.39, 0.29) is 185 Å². The monoisotopic (exact) mass is 1610 g/mol. The zero-order chi connectivity index (χ0) is 85.7. The highest BCUT2D eigenvalue weighted by Crippen LogP contribution is 2.21. The maximum absolute atomic E-state index is 15.2. The fourth-order valence-electron chi connectivity index (χ4n) is 11.8. The standard InChI is InChI=1S/C70H119N33O12/c1-4-37(2)53(63(115)102-51(34-39-23-25-41(105)26-24-39)61(113)99-46(18-9-29-88-66(76)77)56(108)95-44(54(71)106)16-7-27-86-64(72)73)103-60(112)50(22-13-33-92-70(84)85)98-57(109)47(19-10-30-89-67(78)79)97-58(110)48(20-11-31-90-68(80)81)100-62(114)52(35-40-36-93-43-15-6-5-14-42(40)43)101-59(111)49(21-12-32-91-69(82)83)96-55(107)45(94-38(3)104)17-8-28-87-65(74)75/h5-6,14-15,23-26,36-37,44-53,93,105H,4,7-13,16-22,27-35H2,1-3H3,(H2,71,106)(H,94,104)(H,95,108)(H,96,107)(H,97,110)(H,98,109)(H,99,113)(H,100,114)(H,101,111)(H,102,115)(H,103,112)(H4,72,73,86)(H4,74,75,87)(H4,76,77,88)(H4,78,79,89)(H4,80,81,90)(H4,82,83,91)(H4,84,85,92)/t37-,44-,45-,46-,47-,48-,49-,50-,51-,52-,53-/m1/s1. The summed E-state index contributed by atoms with van der Waals surface area (Å²) in [5, 5.41) is 110. The van der Waals surface area contributed by atoms with Gasteiger partial charge in [0.25, 0.3) is 0 Å². The lowest BCUT2D eigenvalue weighted by Crippen LogP contribution is -2.61. The van der Waals surface area contributed by atoms with Crippen LogP contribution < -0.4 is 136 Å². The Hall–Kier alpha value is -13.2. The van der Waals surface area contributed by atoms with E-state index in [0.29, 0.717) is 22.0 Å². The Morgan fingerprint density at radius 1 is 0.365 bits per heavy atom. The van der Waals surface area contributed by atoms with Crippen LogP contribution >= 0.6 is 0 Å². The lowest BCUT2D eigenvalue weighted by Gasteiger charge is -2.30. The number of hydrogen-bond donors (Lipinski definition) is 34. The van der Waals surface area contributed by atoms with Gasteiger partial charge in [0.15, 0.2) is 41.7 Å². The van der Waals surface area contributed by atoms with Gasteiger partial charge in [-0.05, 0) is 125 Å². The van der Waals surface area contributed by atoms with E-state index in [9.17, 15) is 38.7 Å². The van der Waals surface area contributed by atoms with E-state index in [2.05, 4.69) is 95.4 Å². The number of benzene rings is 2. The lowest BCUT2D eigenvalue weighted by molar-refractivity contribution is -0.136. The van der Waals surface area contributed by atoms with Crippen LogP contribution in [0.1, 0.15) is 128 Å². The van der Waals surface area contributed by atoms with E-state index in [1.165, 1.54) is 31.2 Å². The number of H-pyrrole nitrogens is 1. The molecule has 0 aliphatic heterocycles. The van der Waals surface area contributed by atoms with Crippen molar-refractivity contribution >= 4 is 118 Å². The molecule has 11 amide bonds. The zero-order valence-corrected chi connectivity index (χ0v) is 65.1. The predicted molar refractivity (Wildman–Crippen MR) is 431 cm³/mol. The second-order valence-corrected chi connectivity index (χ2v) is 27.3. The van der Waals surface area contributed by atoms with Gasteiger partial charge in [-0.3, -0.25) is 90.6 Å². The van der Waals surface area contributed by atoms with Crippen molar-refractivity contribution < 1.29 is 57.8 Å². The highest BCUT2D eigenvalue weighted by molar-refractivity contribution is 6.00. The number of rotatable bonds is 54. The third-order valence-corrected chi connectivity index (χ3v) is 17.9. The van der Waals surface area contributed by atoms with Crippen molar-refractivity contribution in [2.45, 2.75) is 190 Å². The van der Waals surface area contributed by atoms with Crippen LogP contribution in [0, 0.1) is 43.8 Å². The highest BCUT2D eigenvalue weighted by Gasteiger charge is 2.38. The van der Waals surface area contributed by atoms with Crippen LogP contribution in [0.5, 0.6) is 5.75 Å². The molecule has 3 rings (SSSR count). The molecule has 2 aromatic carbocycles. The van der Waals surface area contributed by atoms with Crippen LogP contribution in [0.25, 0.3) is 10.9 Å². The van der Waals surface area contributed by atoms with Crippen molar-refractivity contribution in [3.05, 3.63) is 65.9 Å². The summed E-state index contributed by atoms with van der Waals surface area (Å²) in [4.78, 5) is 161. The second kappa shape index (κ2) is 51.4. The zero-order valence-electron chi connectivity index (χ0n) is 65.1. The molecule has 0 saturated heterocycles. The van der Waals surface area contributed by atoms with Crippen molar-refractivity contribution in [3.63, 3.8) is 0 Å². The fraction of sp³-hybridized carbons (Fsp3) is 0.543. The molecule has 3 aromatic rings. The van der Waals surface area contributed by atoms with Gasteiger partial charge in [0, 0.05) is 82.7 Å². The first-order valence-electron chi connectivity index (χ1n) is 37.7. The van der Waals surface area contributed by atoms with Gasteiger partial charge in [-0.15, -0.1) is 0 Å². The number of carbonyl (C=O) groups excluding carboxylic acids is 11. The molecule has 1 heterocycles. The van der Waals surface area contributed by atoms with Crippen molar-refractivity contribution in [1.82, 2.24) is 95.4 Å². The first-order chi connectivity index (χ1) is 54.5. The quantitative estimate of drug-likeness (QED) is 0.0142. The number of para-hydroxylation sites is 1. The number of amides is 11. The molecule has 115 heavy (non-hydrogen) atoms. The molecule has 0 radical (unpaired) electrons. The molecule has 0 aliphatic rings. The summed E-state index contributed by atoms with van der Waals surface area (Å²) in [5.41, 5.74) is 46.0. The molecule has 0 saturated carbocycles. The molecular formula is C70H119N33O12. The average molecular weight is 1610 g/mol. The number of fused-ring (bicyclic) bond motifs is 1. The number of aromatic nitrogens is 1. The normalized spacial score (nSPS) is 13.7. The van der Waals surface area contributed by atoms with Crippen LogP contribution in [0.3, 0.4) is 0 Å². The molecular weight excluding hydrogens is 1490 g/mol. The van der Waals surface area contributed by atoms with Gasteiger partial charge in [0.1, 0.15) is 66.2 Å². The Bertz CT molecular complexity index is 3800. The Morgan fingerprint density at radius 3 is 0.965 bits per heavy atom. The van der Waals surface area contributed by atoms with Gasteiger partial charge in [-0.1, -0.05) is 50.6 Å². The van der Waals surface area contributed by atoms with Gasteiger partial charge in [-0.25, -0.2) is 0 Å². The van der Waals surface area contributed by atoms with E-state index in [1.807, 2.05) is 0 Å². The van der Waals surface area contributed by atoms with Crippen molar-refractivity contribution in [2.24, 2.45) is 51.8 Å². The van der Waals surface area contributed by atoms with Gasteiger partial charge < -0.3 is 146 Å². The van der Waals surface area contributed by atoms with E-state index < -0.39 is 149 Å². The number of carbonyl (C=O) groups is 11. The minimum Gasteiger partial charge on any atom is -0.508 e. The third-order valence-electron chi connectivity index (χ3n) is 17.9. The number of phenols is 1. The second-order valence-electron chi connectivity index (χ2n) is 27.3. The molecule has 636 valence electrons. The Kier molecular flexibility index (Phi) is 42.9. The average Bonchev–Trinajstić information content (AvgIpc) is 1.72. The minimum atomic E-state index is -1.59. The van der Waals surface area contributed by atoms with Crippen molar-refractivity contribution in [2.75, 3.05) is 45.8 Å². The van der Waals surface area contributed by atoms with Crippen molar-refractivity contribution in [3.8, 4) is 5.75 Å². The predicted octanol–water partition coefficient (Wildman–Crippen LogP) is -7.10. The van der Waals surface area contributed by atoms with Crippen LogP contribution in [0.4, 0.5) is 0 Å². The summed E-state index contributed by atoms with van der Waals surface area (Å²) in [7, 11) is 0. The van der Waals surface area contributed by atoms with Crippen LogP contribution in [-0.2, 0) is 65.6 Å². The number of primary amides is 1. The maximum atomic E-state index is 15.2. The molecule has 45 nitrogen and oxygen atoms in total. The summed E-state index contributed by atoms with van der Waals surface area (Å²) in [6.45, 7) is 4.91. The smallest absolute Gasteiger partial charge is 0.243 e. The van der Waals surface area contributed by atoms with Gasteiger partial charge >= 0.3 is 0 Å². The molecule has 0 aliphatic carbocycles. The Labute approximate surface area is 665 Å². The third kappa shape index (κ3) is 38.6. The SMILES string of the molecule is CC[C@@H](C)[C@@H](NC(=O)[C@@H](CCCNC(=N)N)NC(=O)[C@@H](CCCNC(=N)N)NC(=O)[C@@H](CCCNC(=N)N)NC(=O)[C@@H](Cc1c[nH]c2ccccc12)NC(=O)[C@@H](CCCNC(=N)N)NC(=O)[C@@H](CCCNC(=N)N)NC(C)=O)C(=O)N[C@H](Cc1ccc(O)cc1)C(=O)N[C@H](CCCNC(=N)N)C(=O)N[C@H](CCCNC(=N)N)C(N)=O. The van der Waals surface area contributed by atoms with Gasteiger partial charge in [0.05, 0.1) is 0 Å². The summed E-state index contributed by atoms with van der Waals surface area (Å²) in [6.07, 6.45) is 1.24. The van der Waals surface area contributed by atoms with Crippen LogP contribution in [0.15, 0.2) is 54.7 Å². The Morgan fingerprint density at radius 2 is 0.643 bits per heavy atom. The van der Waals surface area contributed by atoms with E-state index >= 15 is 19.2 Å². The largest absolute Gasteiger partial charge is 0.508 e. The van der Waals surface area contributed by atoms with Crippen LogP contribution in [-0.4, -0.2) is 223 Å². The molecule has 0 bridgehead atoms. The Balaban J connectivity index is 2.16. The summed E-state index contributed by atoms with van der Waals surface area (Å²) >= 11 is 0. The first kappa shape index (κ1) is 96.0. The topological polar surface area (TPSA) is 803 Å². The van der Waals surface area contributed by atoms with E-state index in [0.717, 1.165) is 0 Å². The number of nitrogens with one attached hydrogen (secondary N) is 25. The summed E-state index contributed by atoms with van der Waals surface area (Å²) in [6, 6.07) is -1.92. The number of phenolic OH excluding ortho intramolecular Hbond substituents is 1.